The van der Waals surface area contributed by atoms with Gasteiger partial charge in [0.25, 0.3) is 0 Å². The molecule has 0 bridgehead atoms. The summed E-state index contributed by atoms with van der Waals surface area (Å²) in [6.45, 7) is 4.71. The monoisotopic (exact) mass is 428 g/mol. The first kappa shape index (κ1) is 22.1. The van der Waals surface area contributed by atoms with Crippen molar-refractivity contribution < 1.29 is 4.79 Å². The average molecular weight is 429 g/mol. The van der Waals surface area contributed by atoms with E-state index in [0.29, 0.717) is 6.42 Å². The van der Waals surface area contributed by atoms with Gasteiger partial charge in [-0.2, -0.15) is 0 Å². The molecule has 1 aliphatic rings. The minimum Gasteiger partial charge on any atom is -0.388 e. The number of benzene rings is 3. The highest BCUT2D eigenvalue weighted by atomic mass is 16.1. The van der Waals surface area contributed by atoms with Gasteiger partial charge in [-0.15, -0.1) is 0 Å². The molecular formula is C27H32N4O. The van der Waals surface area contributed by atoms with Crippen LogP contribution in [0.1, 0.15) is 23.6 Å². The molecule has 1 amide bonds. The molecule has 0 aliphatic carbocycles. The molecule has 2 N–H and O–H groups in total. The van der Waals surface area contributed by atoms with Crippen LogP contribution in [0, 0.1) is 0 Å². The summed E-state index contributed by atoms with van der Waals surface area (Å²) in [6, 6.07) is 29.5. The number of carbonyl (C=O) groups excluding carboxylic acids is 1. The van der Waals surface area contributed by atoms with Crippen molar-refractivity contribution in [1.29, 1.82) is 0 Å². The van der Waals surface area contributed by atoms with E-state index in [1.165, 1.54) is 11.1 Å². The third kappa shape index (κ3) is 5.75. The lowest BCUT2D eigenvalue weighted by Crippen LogP contribution is -2.48. The molecule has 0 aromatic heterocycles. The normalized spacial score (nSPS) is 14.9. The van der Waals surface area contributed by atoms with E-state index in [1.54, 1.807) is 0 Å². The first-order valence-electron chi connectivity index (χ1n) is 11.4. The molecular weight excluding hydrogens is 396 g/mol. The quantitative estimate of drug-likeness (QED) is 0.556. The molecule has 0 saturated carbocycles. The highest BCUT2D eigenvalue weighted by molar-refractivity contribution is 5.91. The zero-order valence-corrected chi connectivity index (χ0v) is 18.7. The predicted octanol–water partition coefficient (Wildman–Crippen LogP) is 4.46. The van der Waals surface area contributed by atoms with Crippen LogP contribution in [0.2, 0.25) is 0 Å². The van der Waals surface area contributed by atoms with Gasteiger partial charge in [-0.05, 0) is 35.4 Å². The Morgan fingerprint density at radius 2 is 1.31 bits per heavy atom. The lowest BCUT2D eigenvalue weighted by Gasteiger charge is -2.39. The van der Waals surface area contributed by atoms with Crippen molar-refractivity contribution in [2.45, 2.75) is 12.5 Å². The van der Waals surface area contributed by atoms with Crippen molar-refractivity contribution in [3.63, 3.8) is 0 Å². The van der Waals surface area contributed by atoms with Crippen LogP contribution in [0.25, 0.3) is 0 Å². The first-order chi connectivity index (χ1) is 15.7. The molecule has 4 rings (SSSR count). The number of carbonyl (C=O) groups is 1. The van der Waals surface area contributed by atoms with Crippen LogP contribution in [0.5, 0.6) is 0 Å². The van der Waals surface area contributed by atoms with Crippen LogP contribution in [-0.2, 0) is 4.79 Å². The van der Waals surface area contributed by atoms with Gasteiger partial charge in [-0.25, -0.2) is 0 Å². The lowest BCUT2D eigenvalue weighted by molar-refractivity contribution is -0.116. The van der Waals surface area contributed by atoms with Gasteiger partial charge in [0.1, 0.15) is 0 Å². The summed E-state index contributed by atoms with van der Waals surface area (Å²) in [5.74, 6) is 0.0658. The first-order valence-corrected chi connectivity index (χ1v) is 11.4. The number of anilines is 2. The van der Waals surface area contributed by atoms with Crippen LogP contribution in [0.15, 0.2) is 84.9 Å². The van der Waals surface area contributed by atoms with Gasteiger partial charge in [0.15, 0.2) is 0 Å². The summed E-state index contributed by atoms with van der Waals surface area (Å²) in [7, 11) is 1.88. The molecule has 3 aromatic rings. The molecule has 1 saturated heterocycles. The molecule has 32 heavy (non-hydrogen) atoms. The van der Waals surface area contributed by atoms with E-state index in [1.807, 2.05) is 31.3 Å². The van der Waals surface area contributed by atoms with E-state index >= 15 is 0 Å². The third-order valence-electron chi connectivity index (χ3n) is 6.12. The van der Waals surface area contributed by atoms with Crippen LogP contribution >= 0.6 is 0 Å². The highest BCUT2D eigenvalue weighted by Gasteiger charge is 2.26. The van der Waals surface area contributed by atoms with E-state index in [0.717, 1.165) is 44.1 Å². The Kier molecular flexibility index (Phi) is 7.54. The van der Waals surface area contributed by atoms with Crippen LogP contribution in [-0.4, -0.2) is 55.5 Å². The van der Waals surface area contributed by atoms with E-state index in [4.69, 9.17) is 0 Å². The number of nitrogens with zero attached hydrogens (tertiary/aromatic N) is 2. The van der Waals surface area contributed by atoms with E-state index in [2.05, 4.69) is 81.1 Å². The van der Waals surface area contributed by atoms with Crippen LogP contribution in [0.3, 0.4) is 0 Å². The molecule has 1 heterocycles. The maximum atomic E-state index is 12.4. The van der Waals surface area contributed by atoms with Crippen LogP contribution < -0.4 is 10.6 Å². The van der Waals surface area contributed by atoms with E-state index in [-0.39, 0.29) is 11.9 Å². The van der Waals surface area contributed by atoms with Gasteiger partial charge in [0.05, 0.1) is 6.04 Å². The number of rotatable bonds is 8. The maximum absolute atomic E-state index is 12.4. The minimum absolute atomic E-state index is 0.0658. The lowest BCUT2D eigenvalue weighted by atomic mass is 9.96. The summed E-state index contributed by atoms with van der Waals surface area (Å²) in [5.41, 5.74) is 4.53. The SMILES string of the molecule is CNc1ccc(NC(=O)CCN2CCN(C(c3ccccc3)c3ccccc3)CC2)cc1. The van der Waals surface area contributed by atoms with E-state index < -0.39 is 0 Å². The molecule has 0 atom stereocenters. The topological polar surface area (TPSA) is 47.6 Å². The molecule has 0 radical (unpaired) electrons. The molecule has 166 valence electrons. The zero-order chi connectivity index (χ0) is 22.2. The second-order valence-corrected chi connectivity index (χ2v) is 8.23. The number of amides is 1. The fourth-order valence-corrected chi connectivity index (χ4v) is 4.33. The summed E-state index contributed by atoms with van der Waals surface area (Å²) >= 11 is 0. The molecule has 0 spiro atoms. The Morgan fingerprint density at radius 3 is 1.84 bits per heavy atom. The van der Waals surface area contributed by atoms with E-state index in [9.17, 15) is 4.79 Å². The standard InChI is InChI=1S/C27H32N4O/c1-28-24-12-14-25(15-13-24)29-26(32)16-17-30-18-20-31(21-19-30)27(22-8-4-2-5-9-22)23-10-6-3-7-11-23/h2-15,27-28H,16-21H2,1H3,(H,29,32). The van der Waals surface area contributed by atoms with Gasteiger partial charge < -0.3 is 15.5 Å². The highest BCUT2D eigenvalue weighted by Crippen LogP contribution is 2.29. The molecule has 1 fully saturated rings. The van der Waals surface area contributed by atoms with Crippen molar-refractivity contribution in [1.82, 2.24) is 9.80 Å². The molecule has 3 aromatic carbocycles. The van der Waals surface area contributed by atoms with Gasteiger partial charge in [0.2, 0.25) is 5.91 Å². The average Bonchev–Trinajstić information content (AvgIpc) is 2.85. The zero-order valence-electron chi connectivity index (χ0n) is 18.7. The van der Waals surface area contributed by atoms with Crippen molar-refractivity contribution >= 4 is 17.3 Å². The number of nitrogens with one attached hydrogen (secondary N) is 2. The second kappa shape index (κ2) is 10.9. The summed E-state index contributed by atoms with van der Waals surface area (Å²) in [4.78, 5) is 17.3. The summed E-state index contributed by atoms with van der Waals surface area (Å²) in [5, 5.41) is 6.08. The Morgan fingerprint density at radius 1 is 0.781 bits per heavy atom. The fraction of sp³-hybridized carbons (Fsp3) is 0.296. The fourth-order valence-electron chi connectivity index (χ4n) is 4.33. The largest absolute Gasteiger partial charge is 0.388 e. The number of hydrogen-bond donors (Lipinski definition) is 2. The van der Waals surface area contributed by atoms with Crippen molar-refractivity contribution in [2.24, 2.45) is 0 Å². The Labute approximate surface area is 191 Å². The second-order valence-electron chi connectivity index (χ2n) is 8.23. The van der Waals surface area contributed by atoms with Crippen molar-refractivity contribution in [3.05, 3.63) is 96.1 Å². The Hall–Kier alpha value is -3.15. The van der Waals surface area contributed by atoms with Crippen molar-refractivity contribution in [3.8, 4) is 0 Å². The van der Waals surface area contributed by atoms with Gasteiger partial charge in [0, 0.05) is 57.6 Å². The maximum Gasteiger partial charge on any atom is 0.225 e. The smallest absolute Gasteiger partial charge is 0.225 e. The van der Waals surface area contributed by atoms with Crippen LogP contribution in [0.4, 0.5) is 11.4 Å². The molecule has 5 nitrogen and oxygen atoms in total. The van der Waals surface area contributed by atoms with Gasteiger partial charge in [-0.3, -0.25) is 9.69 Å². The third-order valence-corrected chi connectivity index (χ3v) is 6.12. The summed E-state index contributed by atoms with van der Waals surface area (Å²) in [6.07, 6.45) is 0.509. The summed E-state index contributed by atoms with van der Waals surface area (Å²) < 4.78 is 0. The number of piperazine rings is 1. The van der Waals surface area contributed by atoms with Crippen molar-refractivity contribution in [2.75, 3.05) is 50.4 Å². The molecule has 1 aliphatic heterocycles. The molecule has 5 heteroatoms. The minimum atomic E-state index is 0.0658. The Bertz CT molecular complexity index is 928. The Balaban J connectivity index is 1.30. The van der Waals surface area contributed by atoms with Gasteiger partial charge >= 0.3 is 0 Å². The van der Waals surface area contributed by atoms with Gasteiger partial charge in [-0.1, -0.05) is 60.7 Å². The predicted molar refractivity (Wildman–Crippen MR) is 132 cm³/mol. The molecule has 0 unspecified atom stereocenters. The number of hydrogen-bond acceptors (Lipinski definition) is 4.